The molecule has 2 aliphatic rings. The van der Waals surface area contributed by atoms with Gasteiger partial charge in [0, 0.05) is 12.1 Å². The summed E-state index contributed by atoms with van der Waals surface area (Å²) in [5.41, 5.74) is 1.79. The number of carbonyl (C=O) groups excluding carboxylic acids is 1. The molecule has 0 N–H and O–H groups in total. The summed E-state index contributed by atoms with van der Waals surface area (Å²) in [6.45, 7) is 2.32. The molecule has 0 unspecified atom stereocenters. The number of rotatable bonds is 6. The SMILES string of the molecule is COc1ccc(CO[C@H]2C[C@@H]3[C@@H](OC(=O)N3c3ccc(OC)cc3)[C@H](C)O2)cc1. The van der Waals surface area contributed by atoms with Gasteiger partial charge in [-0.3, -0.25) is 4.90 Å². The lowest BCUT2D eigenvalue weighted by atomic mass is 9.98. The van der Waals surface area contributed by atoms with Crippen LogP contribution in [0.1, 0.15) is 18.9 Å². The van der Waals surface area contributed by atoms with E-state index in [0.717, 1.165) is 22.7 Å². The molecule has 7 nitrogen and oxygen atoms in total. The van der Waals surface area contributed by atoms with Gasteiger partial charge in [0.25, 0.3) is 0 Å². The van der Waals surface area contributed by atoms with Gasteiger partial charge in [0.15, 0.2) is 12.4 Å². The second-order valence-corrected chi connectivity index (χ2v) is 7.15. The molecular weight excluding hydrogens is 374 g/mol. The van der Waals surface area contributed by atoms with Crippen LogP contribution in [0.25, 0.3) is 0 Å². The Bertz CT molecular complexity index is 837. The average Bonchev–Trinajstić information content (AvgIpc) is 3.09. The number of benzene rings is 2. The van der Waals surface area contributed by atoms with Gasteiger partial charge in [-0.05, 0) is 48.9 Å². The number of anilines is 1. The Hall–Kier alpha value is -2.77. The number of ether oxygens (including phenoxy) is 5. The van der Waals surface area contributed by atoms with Gasteiger partial charge < -0.3 is 23.7 Å². The number of methoxy groups -OCH3 is 2. The van der Waals surface area contributed by atoms with Crippen molar-refractivity contribution in [3.8, 4) is 11.5 Å². The molecule has 2 heterocycles. The van der Waals surface area contributed by atoms with Crippen molar-refractivity contribution >= 4 is 11.8 Å². The zero-order valence-corrected chi connectivity index (χ0v) is 16.7. The standard InChI is InChI=1S/C22H25NO6/c1-14-21-19(23(22(24)29-21)16-6-10-18(26-3)11-7-16)12-20(28-14)27-13-15-4-8-17(25-2)9-5-15/h4-11,14,19-21H,12-13H2,1-3H3/t14-,19+,20+,21-/m0/s1. The first kappa shape index (κ1) is 19.5. The summed E-state index contributed by atoms with van der Waals surface area (Å²) in [4.78, 5) is 14.2. The molecule has 0 spiro atoms. The lowest BCUT2D eigenvalue weighted by Crippen LogP contribution is -2.50. The van der Waals surface area contributed by atoms with Crippen molar-refractivity contribution in [2.45, 2.75) is 44.5 Å². The number of hydrogen-bond acceptors (Lipinski definition) is 6. The van der Waals surface area contributed by atoms with Crippen molar-refractivity contribution in [2.75, 3.05) is 19.1 Å². The van der Waals surface area contributed by atoms with Crippen LogP contribution in [0.15, 0.2) is 48.5 Å². The molecule has 2 aromatic rings. The maximum absolute atomic E-state index is 12.6. The number of fused-ring (bicyclic) bond motifs is 1. The fourth-order valence-corrected chi connectivity index (χ4v) is 3.81. The molecule has 2 saturated heterocycles. The number of carbonyl (C=O) groups is 1. The molecule has 154 valence electrons. The maximum Gasteiger partial charge on any atom is 0.415 e. The first-order chi connectivity index (χ1) is 14.1. The Labute approximate surface area is 170 Å². The molecule has 1 amide bonds. The highest BCUT2D eigenvalue weighted by Gasteiger charge is 2.50. The van der Waals surface area contributed by atoms with E-state index < -0.39 is 6.29 Å². The summed E-state index contributed by atoms with van der Waals surface area (Å²) in [6.07, 6.45) is -0.851. The molecule has 7 heteroatoms. The fraction of sp³-hybridized carbons (Fsp3) is 0.409. The summed E-state index contributed by atoms with van der Waals surface area (Å²) in [7, 11) is 3.25. The van der Waals surface area contributed by atoms with E-state index in [9.17, 15) is 4.79 Å². The molecule has 4 rings (SSSR count). The molecular formula is C22H25NO6. The Morgan fingerprint density at radius 3 is 2.24 bits per heavy atom. The monoisotopic (exact) mass is 399 g/mol. The van der Waals surface area contributed by atoms with Crippen LogP contribution in [-0.4, -0.2) is 44.9 Å². The molecule has 0 saturated carbocycles. The van der Waals surface area contributed by atoms with E-state index in [1.165, 1.54) is 0 Å². The first-order valence-corrected chi connectivity index (χ1v) is 9.63. The summed E-state index contributed by atoms with van der Waals surface area (Å²) in [5, 5.41) is 0. The van der Waals surface area contributed by atoms with Crippen molar-refractivity contribution in [3.63, 3.8) is 0 Å². The maximum atomic E-state index is 12.6. The lowest BCUT2D eigenvalue weighted by Gasteiger charge is -2.37. The van der Waals surface area contributed by atoms with E-state index in [0.29, 0.717) is 13.0 Å². The second kappa shape index (κ2) is 8.31. The van der Waals surface area contributed by atoms with Gasteiger partial charge in [0.05, 0.1) is 33.0 Å². The Kier molecular flexibility index (Phi) is 5.60. The topological polar surface area (TPSA) is 66.5 Å². The first-order valence-electron chi connectivity index (χ1n) is 9.63. The summed E-state index contributed by atoms with van der Waals surface area (Å²) < 4.78 is 27.9. The zero-order chi connectivity index (χ0) is 20.4. The molecule has 0 bridgehead atoms. The number of amides is 1. The van der Waals surface area contributed by atoms with Gasteiger partial charge >= 0.3 is 6.09 Å². The fourth-order valence-electron chi connectivity index (χ4n) is 3.81. The van der Waals surface area contributed by atoms with Crippen LogP contribution in [0.4, 0.5) is 10.5 Å². The number of nitrogens with zero attached hydrogens (tertiary/aromatic N) is 1. The van der Waals surface area contributed by atoms with Crippen LogP contribution < -0.4 is 14.4 Å². The molecule has 2 aliphatic heterocycles. The van der Waals surface area contributed by atoms with Crippen LogP contribution in [0.5, 0.6) is 11.5 Å². The lowest BCUT2D eigenvalue weighted by molar-refractivity contribution is -0.219. The average molecular weight is 399 g/mol. The predicted octanol–water partition coefficient (Wildman–Crippen LogP) is 3.75. The van der Waals surface area contributed by atoms with Crippen LogP contribution in [0, 0.1) is 0 Å². The van der Waals surface area contributed by atoms with Crippen LogP contribution in [0.2, 0.25) is 0 Å². The van der Waals surface area contributed by atoms with Gasteiger partial charge in [0.1, 0.15) is 11.5 Å². The van der Waals surface area contributed by atoms with E-state index in [1.54, 1.807) is 19.1 Å². The largest absolute Gasteiger partial charge is 0.497 e. The molecule has 0 aliphatic carbocycles. The van der Waals surface area contributed by atoms with Gasteiger partial charge in [-0.25, -0.2) is 4.79 Å². The Morgan fingerprint density at radius 1 is 1.00 bits per heavy atom. The highest BCUT2D eigenvalue weighted by molar-refractivity contribution is 5.91. The zero-order valence-electron chi connectivity index (χ0n) is 16.7. The van der Waals surface area contributed by atoms with Crippen molar-refractivity contribution in [1.29, 1.82) is 0 Å². The summed E-state index contributed by atoms with van der Waals surface area (Å²) in [5.74, 6) is 1.54. The van der Waals surface area contributed by atoms with Crippen LogP contribution in [0.3, 0.4) is 0 Å². The Morgan fingerprint density at radius 2 is 1.62 bits per heavy atom. The second-order valence-electron chi connectivity index (χ2n) is 7.15. The van der Waals surface area contributed by atoms with Crippen LogP contribution >= 0.6 is 0 Å². The minimum Gasteiger partial charge on any atom is -0.497 e. The van der Waals surface area contributed by atoms with Gasteiger partial charge in [-0.2, -0.15) is 0 Å². The summed E-state index contributed by atoms with van der Waals surface area (Å²) in [6, 6.07) is 14.9. The Balaban J connectivity index is 1.45. The van der Waals surface area contributed by atoms with E-state index in [2.05, 4.69) is 0 Å². The third kappa shape index (κ3) is 4.02. The normalized spacial score (nSPS) is 26.0. The van der Waals surface area contributed by atoms with Crippen molar-refractivity contribution in [2.24, 2.45) is 0 Å². The minimum absolute atomic E-state index is 0.152. The molecule has 29 heavy (non-hydrogen) atoms. The van der Waals surface area contributed by atoms with Crippen molar-refractivity contribution < 1.29 is 28.5 Å². The molecule has 0 radical (unpaired) electrons. The predicted molar refractivity (Wildman–Crippen MR) is 106 cm³/mol. The van der Waals surface area contributed by atoms with Crippen LogP contribution in [-0.2, 0) is 20.8 Å². The van der Waals surface area contributed by atoms with E-state index in [1.807, 2.05) is 55.5 Å². The van der Waals surface area contributed by atoms with Gasteiger partial charge in [0.2, 0.25) is 0 Å². The third-order valence-corrected chi connectivity index (χ3v) is 5.35. The molecule has 0 aromatic heterocycles. The van der Waals surface area contributed by atoms with E-state index in [4.69, 9.17) is 23.7 Å². The van der Waals surface area contributed by atoms with Gasteiger partial charge in [-0.1, -0.05) is 12.1 Å². The highest BCUT2D eigenvalue weighted by Crippen LogP contribution is 2.36. The smallest absolute Gasteiger partial charge is 0.415 e. The van der Waals surface area contributed by atoms with Crippen molar-refractivity contribution in [1.82, 2.24) is 0 Å². The molecule has 2 aromatic carbocycles. The molecule has 4 atom stereocenters. The van der Waals surface area contributed by atoms with Crippen molar-refractivity contribution in [3.05, 3.63) is 54.1 Å². The van der Waals surface area contributed by atoms with E-state index in [-0.39, 0.29) is 24.3 Å². The quantitative estimate of drug-likeness (QED) is 0.737. The molecule has 2 fully saturated rings. The van der Waals surface area contributed by atoms with Gasteiger partial charge in [-0.15, -0.1) is 0 Å². The summed E-state index contributed by atoms with van der Waals surface area (Å²) >= 11 is 0. The minimum atomic E-state index is -0.427. The third-order valence-electron chi connectivity index (χ3n) is 5.35. The number of hydrogen-bond donors (Lipinski definition) is 0. The van der Waals surface area contributed by atoms with E-state index >= 15 is 0 Å². The highest BCUT2D eigenvalue weighted by atomic mass is 16.7.